The van der Waals surface area contributed by atoms with Crippen molar-refractivity contribution in [3.63, 3.8) is 0 Å². The summed E-state index contributed by atoms with van der Waals surface area (Å²) in [4.78, 5) is 0. The quantitative estimate of drug-likeness (QED) is 0.327. The van der Waals surface area contributed by atoms with Gasteiger partial charge in [-0.25, -0.2) is 0 Å². The molecule has 5 heavy (non-hydrogen) atoms. The molecule has 0 aliphatic heterocycles. The molecule has 0 amide bonds. The van der Waals surface area contributed by atoms with Crippen molar-refractivity contribution in [1.82, 2.24) is 0 Å². The zero-order chi connectivity index (χ0) is 3.41. The summed E-state index contributed by atoms with van der Waals surface area (Å²) in [7, 11) is 0. The molecule has 0 aromatic carbocycles. The summed E-state index contributed by atoms with van der Waals surface area (Å²) in [6.07, 6.45) is 1.64. The summed E-state index contributed by atoms with van der Waals surface area (Å²) >= 11 is 5.07. The molecule has 0 heterocycles. The molecule has 0 aliphatic carbocycles. The summed E-state index contributed by atoms with van der Waals surface area (Å²) in [6, 6.07) is 0. The second-order valence-corrected chi connectivity index (χ2v) is 0.752. The van der Waals surface area contributed by atoms with E-state index in [4.69, 9.17) is 11.6 Å². The Morgan fingerprint density at radius 3 is 2.00 bits per heavy atom. The maximum Gasteiger partial charge on any atom is 0.0401 e. The van der Waals surface area contributed by atoms with Crippen molar-refractivity contribution in [3.05, 3.63) is 12.7 Å². The average Bonchev–Trinajstić information content (AvgIpc) is 1.37. The Balaban J connectivity index is 0. The first-order chi connectivity index (χ1) is 1.91. The minimum Gasteiger partial charge on any atom is -0.122 e. The van der Waals surface area contributed by atoms with Crippen LogP contribution < -0.4 is 0 Å². The van der Waals surface area contributed by atoms with Crippen LogP contribution in [0.1, 0.15) is 0 Å². The molecule has 0 nitrogen and oxygen atoms in total. The molecule has 0 spiro atoms. The smallest absolute Gasteiger partial charge is 0.0401 e. The Morgan fingerprint density at radius 2 is 2.00 bits per heavy atom. The van der Waals surface area contributed by atoms with Crippen molar-refractivity contribution in [3.8, 4) is 0 Å². The molecular formula is C3H5ClPd. The van der Waals surface area contributed by atoms with Crippen LogP contribution in [-0.4, -0.2) is 5.88 Å². The van der Waals surface area contributed by atoms with Gasteiger partial charge >= 0.3 is 0 Å². The summed E-state index contributed by atoms with van der Waals surface area (Å²) in [5.74, 6) is 0.556. The van der Waals surface area contributed by atoms with E-state index < -0.39 is 0 Å². The molecule has 0 saturated heterocycles. The summed E-state index contributed by atoms with van der Waals surface area (Å²) in [5.41, 5.74) is 0. The van der Waals surface area contributed by atoms with Crippen LogP contribution in [0.4, 0.5) is 0 Å². The Hall–Kier alpha value is 0.692. The summed E-state index contributed by atoms with van der Waals surface area (Å²) < 4.78 is 0. The van der Waals surface area contributed by atoms with E-state index >= 15 is 0 Å². The van der Waals surface area contributed by atoms with Crippen LogP contribution in [0.15, 0.2) is 12.7 Å². The zero-order valence-corrected chi connectivity index (χ0v) is 5.00. The van der Waals surface area contributed by atoms with Crippen LogP contribution in [0.2, 0.25) is 0 Å². The van der Waals surface area contributed by atoms with Crippen LogP contribution >= 0.6 is 11.6 Å². The topological polar surface area (TPSA) is 0 Å². The van der Waals surface area contributed by atoms with Crippen LogP contribution in [0.25, 0.3) is 0 Å². The number of halogens is 1. The van der Waals surface area contributed by atoms with Crippen molar-refractivity contribution in [2.45, 2.75) is 0 Å². The zero-order valence-electron chi connectivity index (χ0n) is 2.69. The van der Waals surface area contributed by atoms with Crippen LogP contribution in [-0.2, 0) is 20.4 Å². The van der Waals surface area contributed by atoms with E-state index in [9.17, 15) is 0 Å². The molecule has 0 unspecified atom stereocenters. The fraction of sp³-hybridized carbons (Fsp3) is 0.333. The van der Waals surface area contributed by atoms with Crippen molar-refractivity contribution in [2.24, 2.45) is 0 Å². The van der Waals surface area contributed by atoms with E-state index in [1.807, 2.05) is 0 Å². The molecule has 0 aromatic heterocycles. The standard InChI is InChI=1S/C3H5Cl.Pd/c1-2-3-4;/h2H,1,3H2;. The Morgan fingerprint density at radius 1 is 1.80 bits per heavy atom. The summed E-state index contributed by atoms with van der Waals surface area (Å²) in [5, 5.41) is 0. The van der Waals surface area contributed by atoms with E-state index in [2.05, 4.69) is 6.58 Å². The SMILES string of the molecule is C=CCCl.[Pd]. The van der Waals surface area contributed by atoms with E-state index in [0.29, 0.717) is 5.88 Å². The first-order valence-electron chi connectivity index (χ1n) is 1.08. The normalized spacial score (nSPS) is 5.00. The molecule has 0 bridgehead atoms. The van der Waals surface area contributed by atoms with Crippen LogP contribution in [0, 0.1) is 0 Å². The van der Waals surface area contributed by atoms with Gasteiger partial charge in [-0.3, -0.25) is 0 Å². The van der Waals surface area contributed by atoms with Gasteiger partial charge in [0.25, 0.3) is 0 Å². The van der Waals surface area contributed by atoms with Gasteiger partial charge < -0.3 is 0 Å². The minimum atomic E-state index is 0. The van der Waals surface area contributed by atoms with Gasteiger partial charge in [0.2, 0.25) is 0 Å². The van der Waals surface area contributed by atoms with Crippen LogP contribution in [0.3, 0.4) is 0 Å². The Labute approximate surface area is 50.9 Å². The Kier molecular flexibility index (Phi) is 16.2. The predicted octanol–water partition coefficient (Wildman–Crippen LogP) is 1.41. The summed E-state index contributed by atoms with van der Waals surface area (Å²) in [6.45, 7) is 3.35. The van der Waals surface area contributed by atoms with E-state index in [1.54, 1.807) is 6.08 Å². The number of allylic oxidation sites excluding steroid dienone is 1. The molecule has 0 atom stereocenters. The molecule has 2 heteroatoms. The van der Waals surface area contributed by atoms with Gasteiger partial charge in [0.1, 0.15) is 0 Å². The largest absolute Gasteiger partial charge is 0.122 e. The fourth-order valence-corrected chi connectivity index (χ4v) is 0. The van der Waals surface area contributed by atoms with Gasteiger partial charge in [-0.05, 0) is 0 Å². The molecule has 34 valence electrons. The molecule has 0 aliphatic rings. The molecule has 0 saturated carbocycles. The van der Waals surface area contributed by atoms with Crippen molar-refractivity contribution in [1.29, 1.82) is 0 Å². The van der Waals surface area contributed by atoms with Gasteiger partial charge in [0.15, 0.2) is 0 Å². The number of rotatable bonds is 1. The van der Waals surface area contributed by atoms with Crippen molar-refractivity contribution >= 4 is 11.6 Å². The molecule has 0 aromatic rings. The molecule has 0 radical (unpaired) electrons. The predicted molar refractivity (Wildman–Crippen MR) is 20.9 cm³/mol. The molecule has 0 rings (SSSR count). The third kappa shape index (κ3) is 11.9. The van der Waals surface area contributed by atoms with Gasteiger partial charge in [-0.15, -0.1) is 18.2 Å². The molecule has 0 fully saturated rings. The second-order valence-electron chi connectivity index (χ2n) is 0.443. The maximum atomic E-state index is 5.07. The van der Waals surface area contributed by atoms with Gasteiger partial charge in [-0.1, -0.05) is 6.08 Å². The first-order valence-corrected chi connectivity index (χ1v) is 1.62. The monoisotopic (exact) mass is 182 g/mol. The molecule has 0 N–H and O–H groups in total. The van der Waals surface area contributed by atoms with E-state index in [0.717, 1.165) is 0 Å². The molecular weight excluding hydrogens is 178 g/mol. The van der Waals surface area contributed by atoms with E-state index in [-0.39, 0.29) is 20.4 Å². The van der Waals surface area contributed by atoms with Gasteiger partial charge in [0.05, 0.1) is 0 Å². The fourth-order valence-electron chi connectivity index (χ4n) is 0. The third-order valence-electron chi connectivity index (χ3n) is 0.109. The van der Waals surface area contributed by atoms with Crippen molar-refractivity contribution in [2.75, 3.05) is 5.88 Å². The number of alkyl halides is 1. The first kappa shape index (κ1) is 9.19. The maximum absolute atomic E-state index is 5.07. The minimum absolute atomic E-state index is 0. The average molecular weight is 183 g/mol. The number of hydrogen-bond donors (Lipinski definition) is 0. The van der Waals surface area contributed by atoms with Gasteiger partial charge in [0, 0.05) is 26.3 Å². The Bertz CT molecular complexity index is 20.9. The van der Waals surface area contributed by atoms with Crippen molar-refractivity contribution < 1.29 is 20.4 Å². The second kappa shape index (κ2) is 8.83. The third-order valence-corrected chi connectivity index (χ3v) is 0.327. The number of hydrogen-bond acceptors (Lipinski definition) is 0. The van der Waals surface area contributed by atoms with Crippen LogP contribution in [0.5, 0.6) is 0 Å². The van der Waals surface area contributed by atoms with E-state index in [1.165, 1.54) is 0 Å². The van der Waals surface area contributed by atoms with Gasteiger partial charge in [-0.2, -0.15) is 0 Å².